The second-order valence-corrected chi connectivity index (χ2v) is 6.42. The summed E-state index contributed by atoms with van der Waals surface area (Å²) in [6, 6.07) is 5.45. The smallest absolute Gasteiger partial charge is 0.253 e. The maximum Gasteiger partial charge on any atom is 0.253 e. The fourth-order valence-corrected chi connectivity index (χ4v) is 2.32. The minimum atomic E-state index is -0.133. The molecule has 1 atom stereocenters. The van der Waals surface area contributed by atoms with E-state index in [0.29, 0.717) is 16.5 Å². The summed E-state index contributed by atoms with van der Waals surface area (Å²) in [5.74, 6) is 0.226. The van der Waals surface area contributed by atoms with Crippen molar-refractivity contribution in [2.24, 2.45) is 5.92 Å². The van der Waals surface area contributed by atoms with Crippen LogP contribution in [0.4, 0.5) is 0 Å². The molecule has 1 aromatic carbocycles. The number of nitrogens with zero attached hydrogens (tertiary/aromatic N) is 1. The van der Waals surface area contributed by atoms with Crippen LogP contribution in [-0.4, -0.2) is 37.5 Å². The Morgan fingerprint density at radius 2 is 2.05 bits per heavy atom. The van der Waals surface area contributed by atoms with Crippen molar-refractivity contribution in [3.8, 4) is 0 Å². The van der Waals surface area contributed by atoms with Gasteiger partial charge < -0.3 is 10.2 Å². The molecule has 3 nitrogen and oxygen atoms in total. The Morgan fingerprint density at radius 1 is 1.42 bits per heavy atom. The molecule has 0 aliphatic carbocycles. The van der Waals surface area contributed by atoms with E-state index < -0.39 is 0 Å². The average Bonchev–Trinajstić information content (AvgIpc) is 2.31. The molecule has 0 bridgehead atoms. The number of likely N-dealkylation sites (N-methyl/N-ethyl adjacent to an activating group) is 1. The number of benzene rings is 1. The van der Waals surface area contributed by atoms with Crippen LogP contribution < -0.4 is 5.32 Å². The molecule has 0 spiro atoms. The third-order valence-corrected chi connectivity index (χ3v) is 4.18. The monoisotopic (exact) mass is 346 g/mol. The Balaban J connectivity index is 2.85. The number of amides is 1. The van der Waals surface area contributed by atoms with E-state index in [9.17, 15) is 4.79 Å². The highest BCUT2D eigenvalue weighted by atomic mass is 79.9. The Hall–Kier alpha value is -0.580. The summed E-state index contributed by atoms with van der Waals surface area (Å²) in [5, 5.41) is 3.50. The third kappa shape index (κ3) is 4.79. The molecule has 0 radical (unpaired) electrons. The number of carbonyl (C=O) groups is 1. The lowest BCUT2D eigenvalue weighted by Crippen LogP contribution is -2.45. The van der Waals surface area contributed by atoms with Gasteiger partial charge in [-0.1, -0.05) is 31.5 Å². The number of hydrogen-bond donors (Lipinski definition) is 1. The molecule has 0 heterocycles. The summed E-state index contributed by atoms with van der Waals surface area (Å²) in [5.41, 5.74) is 0.500. The van der Waals surface area contributed by atoms with Gasteiger partial charge in [-0.05, 0) is 48.1 Å². The van der Waals surface area contributed by atoms with Gasteiger partial charge in [0.1, 0.15) is 0 Å². The van der Waals surface area contributed by atoms with Gasteiger partial charge in [0.15, 0.2) is 0 Å². The van der Waals surface area contributed by atoms with Crippen molar-refractivity contribution in [3.63, 3.8) is 0 Å². The maximum atomic E-state index is 12.3. The molecule has 1 unspecified atom stereocenters. The SMILES string of the molecule is CC(C)C(CN(C)C)NC(=O)c1cccc(Br)c1Cl. The molecule has 19 heavy (non-hydrogen) atoms. The number of carbonyl (C=O) groups excluding carboxylic acids is 1. The predicted octanol–water partition coefficient (Wildman–Crippen LogP) is 3.42. The van der Waals surface area contributed by atoms with Crippen LogP contribution in [0.5, 0.6) is 0 Å². The van der Waals surface area contributed by atoms with E-state index in [0.717, 1.165) is 11.0 Å². The second kappa shape index (κ2) is 7.27. The van der Waals surface area contributed by atoms with E-state index in [4.69, 9.17) is 11.6 Å². The highest BCUT2D eigenvalue weighted by molar-refractivity contribution is 9.10. The molecule has 1 rings (SSSR count). The lowest BCUT2D eigenvalue weighted by Gasteiger charge is -2.25. The first-order valence-corrected chi connectivity index (χ1v) is 7.39. The van der Waals surface area contributed by atoms with Crippen molar-refractivity contribution >= 4 is 33.4 Å². The molecule has 0 aliphatic heterocycles. The van der Waals surface area contributed by atoms with Crippen LogP contribution >= 0.6 is 27.5 Å². The van der Waals surface area contributed by atoms with E-state index >= 15 is 0 Å². The van der Waals surface area contributed by atoms with Gasteiger partial charge in [-0.25, -0.2) is 0 Å². The lowest BCUT2D eigenvalue weighted by molar-refractivity contribution is 0.0916. The van der Waals surface area contributed by atoms with Crippen LogP contribution in [0, 0.1) is 5.92 Å². The first kappa shape index (κ1) is 16.5. The topological polar surface area (TPSA) is 32.3 Å². The fourth-order valence-electron chi connectivity index (χ4n) is 1.74. The maximum absolute atomic E-state index is 12.3. The van der Waals surface area contributed by atoms with Crippen molar-refractivity contribution in [2.45, 2.75) is 19.9 Å². The first-order valence-electron chi connectivity index (χ1n) is 6.22. The molecular formula is C14H20BrClN2O. The van der Waals surface area contributed by atoms with Gasteiger partial charge in [-0.2, -0.15) is 0 Å². The fraction of sp³-hybridized carbons (Fsp3) is 0.500. The van der Waals surface area contributed by atoms with Crippen LogP contribution in [-0.2, 0) is 0 Å². The zero-order valence-corrected chi connectivity index (χ0v) is 14.0. The largest absolute Gasteiger partial charge is 0.348 e. The zero-order chi connectivity index (χ0) is 14.6. The van der Waals surface area contributed by atoms with Crippen LogP contribution in [0.3, 0.4) is 0 Å². The molecule has 5 heteroatoms. The van der Waals surface area contributed by atoms with Gasteiger partial charge in [-0.15, -0.1) is 0 Å². The molecule has 1 N–H and O–H groups in total. The zero-order valence-electron chi connectivity index (χ0n) is 11.7. The van der Waals surface area contributed by atoms with E-state index in [1.165, 1.54) is 0 Å². The van der Waals surface area contributed by atoms with Gasteiger partial charge in [0, 0.05) is 17.1 Å². The molecule has 0 saturated carbocycles. The normalized spacial score (nSPS) is 12.8. The molecule has 106 valence electrons. The summed E-state index contributed by atoms with van der Waals surface area (Å²) >= 11 is 9.47. The molecule has 0 aliphatic rings. The van der Waals surface area contributed by atoms with E-state index in [-0.39, 0.29) is 11.9 Å². The van der Waals surface area contributed by atoms with Gasteiger partial charge in [0.2, 0.25) is 0 Å². The minimum absolute atomic E-state index is 0.0950. The van der Waals surface area contributed by atoms with Crippen LogP contribution in [0.15, 0.2) is 22.7 Å². The minimum Gasteiger partial charge on any atom is -0.348 e. The van der Waals surface area contributed by atoms with E-state index in [2.05, 4.69) is 40.0 Å². The quantitative estimate of drug-likeness (QED) is 0.885. The number of halogens is 2. The highest BCUT2D eigenvalue weighted by Crippen LogP contribution is 2.26. The van der Waals surface area contributed by atoms with Crippen molar-refractivity contribution in [1.82, 2.24) is 10.2 Å². The van der Waals surface area contributed by atoms with Crippen molar-refractivity contribution in [1.29, 1.82) is 0 Å². The van der Waals surface area contributed by atoms with E-state index in [1.54, 1.807) is 12.1 Å². The van der Waals surface area contributed by atoms with Gasteiger partial charge in [0.05, 0.1) is 10.6 Å². The molecule has 1 amide bonds. The molecular weight excluding hydrogens is 328 g/mol. The lowest BCUT2D eigenvalue weighted by atomic mass is 10.0. The van der Waals surface area contributed by atoms with Gasteiger partial charge in [-0.3, -0.25) is 4.79 Å². The Labute approximate surface area is 128 Å². The average molecular weight is 348 g/mol. The standard InChI is InChI=1S/C14H20BrClN2O/c1-9(2)12(8-18(3)4)17-14(19)10-6-5-7-11(15)13(10)16/h5-7,9,12H,8H2,1-4H3,(H,17,19). The number of nitrogens with one attached hydrogen (secondary N) is 1. The van der Waals surface area contributed by atoms with Gasteiger partial charge in [0.25, 0.3) is 5.91 Å². The number of rotatable bonds is 5. The summed E-state index contributed by atoms with van der Waals surface area (Å²) in [6.45, 7) is 4.99. The van der Waals surface area contributed by atoms with E-state index in [1.807, 2.05) is 20.2 Å². The summed E-state index contributed by atoms with van der Waals surface area (Å²) < 4.78 is 0.732. The molecule has 0 saturated heterocycles. The van der Waals surface area contributed by atoms with Crippen molar-refractivity contribution < 1.29 is 4.79 Å². The van der Waals surface area contributed by atoms with Crippen molar-refractivity contribution in [2.75, 3.05) is 20.6 Å². The van der Waals surface area contributed by atoms with Crippen LogP contribution in [0.2, 0.25) is 5.02 Å². The van der Waals surface area contributed by atoms with Crippen LogP contribution in [0.25, 0.3) is 0 Å². The van der Waals surface area contributed by atoms with Crippen LogP contribution in [0.1, 0.15) is 24.2 Å². The Bertz CT molecular complexity index is 449. The Kier molecular flexibility index (Phi) is 6.30. The predicted molar refractivity (Wildman–Crippen MR) is 83.8 cm³/mol. The van der Waals surface area contributed by atoms with Gasteiger partial charge >= 0.3 is 0 Å². The summed E-state index contributed by atoms with van der Waals surface area (Å²) in [6.07, 6.45) is 0. The summed E-state index contributed by atoms with van der Waals surface area (Å²) in [4.78, 5) is 14.3. The summed E-state index contributed by atoms with van der Waals surface area (Å²) in [7, 11) is 3.99. The highest BCUT2D eigenvalue weighted by Gasteiger charge is 2.19. The second-order valence-electron chi connectivity index (χ2n) is 5.19. The number of hydrogen-bond acceptors (Lipinski definition) is 2. The molecule has 0 fully saturated rings. The molecule has 0 aromatic heterocycles. The Morgan fingerprint density at radius 3 is 2.58 bits per heavy atom. The first-order chi connectivity index (χ1) is 8.82. The van der Waals surface area contributed by atoms with Crippen molar-refractivity contribution in [3.05, 3.63) is 33.3 Å². The third-order valence-electron chi connectivity index (χ3n) is 2.88. The molecule has 1 aromatic rings.